The molecular weight excluding hydrogens is 236 g/mol. The molecule has 0 unspecified atom stereocenters. The summed E-state index contributed by atoms with van der Waals surface area (Å²) in [6.45, 7) is 0. The first-order chi connectivity index (χ1) is 9.33. The summed E-state index contributed by atoms with van der Waals surface area (Å²) in [5.41, 5.74) is 0.808. The zero-order chi connectivity index (χ0) is 13.1. The fourth-order valence-corrected chi connectivity index (χ4v) is 2.08. The van der Waals surface area contributed by atoms with E-state index in [1.165, 1.54) is 0 Å². The lowest BCUT2D eigenvalue weighted by atomic mass is 10.1. The van der Waals surface area contributed by atoms with E-state index in [0.29, 0.717) is 0 Å². The molecule has 2 aromatic carbocycles. The lowest BCUT2D eigenvalue weighted by molar-refractivity contribution is 0.253. The molecule has 0 saturated heterocycles. The van der Waals surface area contributed by atoms with E-state index in [1.54, 1.807) is 0 Å². The van der Waals surface area contributed by atoms with Crippen LogP contribution in [-0.4, -0.2) is 6.03 Å². The minimum atomic E-state index is -0.234. The van der Waals surface area contributed by atoms with Gasteiger partial charge in [0, 0.05) is 5.39 Å². The second-order valence-corrected chi connectivity index (χ2v) is 4.28. The number of urea groups is 1. The van der Waals surface area contributed by atoms with Crippen LogP contribution in [-0.2, 0) is 0 Å². The number of rotatable bonds is 2. The molecule has 93 valence electrons. The molecule has 0 atom stereocenters. The van der Waals surface area contributed by atoms with Crippen molar-refractivity contribution in [2.24, 2.45) is 0 Å². The Bertz CT molecular complexity index is 583. The molecule has 0 heterocycles. The van der Waals surface area contributed by atoms with Gasteiger partial charge < -0.3 is 10.6 Å². The first-order valence-electron chi connectivity index (χ1n) is 6.10. The molecule has 0 bridgehead atoms. The van der Waals surface area contributed by atoms with Crippen LogP contribution in [0.5, 0.6) is 0 Å². The van der Waals surface area contributed by atoms with Crippen LogP contribution >= 0.6 is 0 Å². The first kappa shape index (κ1) is 12.0. The summed E-state index contributed by atoms with van der Waals surface area (Å²) in [6, 6.07) is 14.4. The number of carbonyl (C=O) groups excluding carboxylic acids is 1. The fourth-order valence-electron chi connectivity index (χ4n) is 2.08. The Hall–Kier alpha value is -2.03. The predicted octanol–water partition coefficient (Wildman–Crippen LogP) is 3.32. The smallest absolute Gasteiger partial charge is 0.319 e. The van der Waals surface area contributed by atoms with Crippen LogP contribution in [0, 0.1) is 31.7 Å². The topological polar surface area (TPSA) is 41.1 Å². The van der Waals surface area contributed by atoms with E-state index in [-0.39, 0.29) is 6.03 Å². The van der Waals surface area contributed by atoms with Gasteiger partial charge in [-0.2, -0.15) is 0 Å². The second kappa shape index (κ2) is 5.31. The normalized spacial score (nSPS) is 15.6. The third-order valence-corrected chi connectivity index (χ3v) is 2.96. The minimum absolute atomic E-state index is 0.234. The summed E-state index contributed by atoms with van der Waals surface area (Å²) in [6.07, 6.45) is 7.46. The van der Waals surface area contributed by atoms with E-state index in [2.05, 4.69) is 10.6 Å². The molecule has 19 heavy (non-hydrogen) atoms. The van der Waals surface area contributed by atoms with Gasteiger partial charge in [0.15, 0.2) is 0 Å². The van der Waals surface area contributed by atoms with Crippen LogP contribution in [0.4, 0.5) is 10.5 Å². The fraction of sp³-hybridized carbons (Fsp3) is 0. The van der Waals surface area contributed by atoms with Crippen molar-refractivity contribution in [1.29, 1.82) is 0 Å². The monoisotopic (exact) mass is 249 g/mol. The molecular formula is C16H13N2O. The summed E-state index contributed by atoms with van der Waals surface area (Å²) in [4.78, 5) is 11.9. The zero-order valence-corrected chi connectivity index (χ0v) is 10.3. The molecule has 3 rings (SSSR count). The van der Waals surface area contributed by atoms with Gasteiger partial charge in [-0.1, -0.05) is 36.4 Å². The number of benzene rings is 2. The average Bonchev–Trinajstić information content (AvgIpc) is 2.92. The first-order valence-corrected chi connectivity index (χ1v) is 6.10. The standard InChI is InChI=1S/C16H13N2O/c19-16(17-13-8-2-3-9-13)18-15-11-5-7-12-6-1-4-10-14(12)15/h1-11H,(H2,17,18,19). The molecule has 5 radical (unpaired) electrons. The molecule has 1 aliphatic rings. The molecule has 0 spiro atoms. The van der Waals surface area contributed by atoms with Crippen LogP contribution in [0.1, 0.15) is 0 Å². The van der Waals surface area contributed by atoms with Crippen LogP contribution in [0.3, 0.4) is 0 Å². The molecule has 2 aromatic rings. The Morgan fingerprint density at radius 3 is 2.42 bits per heavy atom. The highest BCUT2D eigenvalue weighted by Crippen LogP contribution is 2.24. The summed E-state index contributed by atoms with van der Waals surface area (Å²) < 4.78 is 0. The van der Waals surface area contributed by atoms with Gasteiger partial charge in [0.1, 0.15) is 0 Å². The number of nitrogens with one attached hydrogen (secondary N) is 2. The number of anilines is 1. The maximum absolute atomic E-state index is 11.9. The Labute approximate surface area is 113 Å². The van der Waals surface area contributed by atoms with E-state index in [9.17, 15) is 4.79 Å². The third kappa shape index (κ3) is 2.70. The van der Waals surface area contributed by atoms with Gasteiger partial charge in [-0.15, -0.1) is 0 Å². The van der Waals surface area contributed by atoms with Crippen molar-refractivity contribution in [2.45, 2.75) is 0 Å². The lowest BCUT2D eigenvalue weighted by Gasteiger charge is -2.13. The Morgan fingerprint density at radius 1 is 0.842 bits per heavy atom. The molecule has 3 heteroatoms. The maximum atomic E-state index is 11.9. The second-order valence-electron chi connectivity index (χ2n) is 4.28. The quantitative estimate of drug-likeness (QED) is 0.842. The van der Waals surface area contributed by atoms with Gasteiger partial charge in [-0.05, 0) is 37.1 Å². The van der Waals surface area contributed by atoms with Crippen molar-refractivity contribution in [3.63, 3.8) is 0 Å². The van der Waals surface area contributed by atoms with Gasteiger partial charge >= 0.3 is 6.03 Å². The largest absolute Gasteiger partial charge is 0.329 e. The van der Waals surface area contributed by atoms with Gasteiger partial charge in [-0.3, -0.25) is 0 Å². The number of fused-ring (bicyclic) bond motifs is 1. The van der Waals surface area contributed by atoms with Crippen molar-refractivity contribution < 1.29 is 4.79 Å². The number of hydrogen-bond donors (Lipinski definition) is 2. The van der Waals surface area contributed by atoms with Crippen molar-refractivity contribution in [1.82, 2.24) is 5.32 Å². The highest BCUT2D eigenvalue weighted by Gasteiger charge is 2.19. The van der Waals surface area contributed by atoms with Crippen molar-refractivity contribution in [3.8, 4) is 0 Å². The Balaban J connectivity index is 1.75. The Morgan fingerprint density at radius 2 is 1.58 bits per heavy atom. The van der Waals surface area contributed by atoms with E-state index in [1.807, 2.05) is 68.1 Å². The summed E-state index contributed by atoms with van der Waals surface area (Å²) in [5.74, 6) is 0. The summed E-state index contributed by atoms with van der Waals surface area (Å²) in [5, 5.41) is 7.79. The molecule has 2 N–H and O–H groups in total. The van der Waals surface area contributed by atoms with Gasteiger partial charge in [-0.25, -0.2) is 4.79 Å². The van der Waals surface area contributed by atoms with Crippen LogP contribution in [0.15, 0.2) is 42.5 Å². The molecule has 2 amide bonds. The molecule has 1 aliphatic carbocycles. The minimum Gasteiger partial charge on any atom is -0.329 e. The summed E-state index contributed by atoms with van der Waals surface area (Å²) in [7, 11) is 0. The zero-order valence-electron chi connectivity index (χ0n) is 10.3. The molecule has 1 saturated carbocycles. The van der Waals surface area contributed by atoms with E-state index < -0.39 is 0 Å². The number of carbonyl (C=O) groups is 1. The molecule has 1 fully saturated rings. The molecule has 0 aromatic heterocycles. The molecule has 0 aliphatic heterocycles. The van der Waals surface area contributed by atoms with Crippen molar-refractivity contribution in [3.05, 3.63) is 74.2 Å². The number of hydrogen-bond acceptors (Lipinski definition) is 1. The molecule has 3 nitrogen and oxygen atoms in total. The Kier molecular flexibility index (Phi) is 3.36. The van der Waals surface area contributed by atoms with Gasteiger partial charge in [0.05, 0.1) is 11.7 Å². The van der Waals surface area contributed by atoms with Crippen molar-refractivity contribution in [2.75, 3.05) is 5.32 Å². The lowest BCUT2D eigenvalue weighted by Crippen LogP contribution is -2.31. The van der Waals surface area contributed by atoms with E-state index in [0.717, 1.165) is 22.5 Å². The van der Waals surface area contributed by atoms with Gasteiger partial charge in [0.2, 0.25) is 0 Å². The van der Waals surface area contributed by atoms with Crippen LogP contribution in [0.25, 0.3) is 10.8 Å². The van der Waals surface area contributed by atoms with Crippen molar-refractivity contribution >= 4 is 22.5 Å². The van der Waals surface area contributed by atoms with E-state index >= 15 is 0 Å². The SMILES string of the molecule is O=C(N[C]1[CH][CH][CH][CH]1)Nc1cccc2ccccc12. The highest BCUT2D eigenvalue weighted by atomic mass is 16.2. The average molecular weight is 249 g/mol. The summed E-state index contributed by atoms with van der Waals surface area (Å²) >= 11 is 0. The number of amides is 2. The van der Waals surface area contributed by atoms with E-state index in [4.69, 9.17) is 0 Å². The predicted molar refractivity (Wildman–Crippen MR) is 76.5 cm³/mol. The van der Waals surface area contributed by atoms with Crippen LogP contribution in [0.2, 0.25) is 0 Å². The third-order valence-electron chi connectivity index (χ3n) is 2.96. The maximum Gasteiger partial charge on any atom is 0.319 e. The van der Waals surface area contributed by atoms with Crippen LogP contribution < -0.4 is 10.6 Å². The highest BCUT2D eigenvalue weighted by molar-refractivity contribution is 6.01. The van der Waals surface area contributed by atoms with Gasteiger partial charge in [0.25, 0.3) is 0 Å².